The summed E-state index contributed by atoms with van der Waals surface area (Å²) in [5.74, 6) is -2.67. The molecule has 0 aromatic heterocycles. The number of amides is 1. The Bertz CT molecular complexity index is 833. The fourth-order valence-corrected chi connectivity index (χ4v) is 2.43. The van der Waals surface area contributed by atoms with Crippen LogP contribution in [0.1, 0.15) is 10.4 Å². The number of para-hydroxylation sites is 2. The number of hydrogen-bond donors (Lipinski definition) is 1. The van der Waals surface area contributed by atoms with Crippen molar-refractivity contribution in [3.8, 4) is 0 Å². The molecule has 0 unspecified atom stereocenters. The molecular formula is C15H14F2N2O3S. The van der Waals surface area contributed by atoms with Gasteiger partial charge < -0.3 is 5.32 Å². The van der Waals surface area contributed by atoms with Gasteiger partial charge in [0.05, 0.1) is 17.5 Å². The fraction of sp³-hybridized carbons (Fsp3) is 0.133. The predicted octanol–water partition coefficient (Wildman–Crippen LogP) is 2.61. The minimum Gasteiger partial charge on any atom is -0.317 e. The van der Waals surface area contributed by atoms with E-state index in [1.165, 1.54) is 31.3 Å². The molecule has 0 saturated carbocycles. The van der Waals surface area contributed by atoms with Gasteiger partial charge in [0.2, 0.25) is 10.0 Å². The number of nitrogens with zero attached hydrogens (tertiary/aromatic N) is 1. The molecule has 1 amide bonds. The number of sulfonamides is 1. The summed E-state index contributed by atoms with van der Waals surface area (Å²) in [6.07, 6.45) is 0.984. The second-order valence-electron chi connectivity index (χ2n) is 4.80. The highest BCUT2D eigenvalue weighted by atomic mass is 32.2. The zero-order chi connectivity index (χ0) is 17.2. The van der Waals surface area contributed by atoms with Crippen molar-refractivity contribution >= 4 is 27.3 Å². The maximum Gasteiger partial charge on any atom is 0.257 e. The van der Waals surface area contributed by atoms with E-state index in [0.29, 0.717) is 0 Å². The molecule has 0 atom stereocenters. The van der Waals surface area contributed by atoms with Crippen molar-refractivity contribution in [1.82, 2.24) is 0 Å². The van der Waals surface area contributed by atoms with Crippen molar-refractivity contribution in [2.75, 3.05) is 22.9 Å². The smallest absolute Gasteiger partial charge is 0.257 e. The molecule has 0 radical (unpaired) electrons. The highest BCUT2D eigenvalue weighted by molar-refractivity contribution is 7.92. The van der Waals surface area contributed by atoms with Crippen molar-refractivity contribution in [3.05, 3.63) is 59.7 Å². The quantitative estimate of drug-likeness (QED) is 0.930. The average molecular weight is 340 g/mol. The van der Waals surface area contributed by atoms with Gasteiger partial charge in [-0.15, -0.1) is 0 Å². The van der Waals surface area contributed by atoms with E-state index < -0.39 is 33.3 Å². The minimum absolute atomic E-state index is 0.0249. The third-order valence-electron chi connectivity index (χ3n) is 3.19. The number of nitrogens with one attached hydrogen (secondary N) is 1. The fourth-order valence-electron chi connectivity index (χ4n) is 1.92. The SMILES string of the molecule is CN(c1ccccc1C(=O)Nc1c(F)cccc1F)S(C)(=O)=O. The molecule has 2 aromatic rings. The molecule has 0 aliphatic rings. The van der Waals surface area contributed by atoms with Gasteiger partial charge in [-0.25, -0.2) is 17.2 Å². The maximum absolute atomic E-state index is 13.6. The Labute approximate surface area is 132 Å². The Balaban J connectivity index is 2.42. The summed E-state index contributed by atoms with van der Waals surface area (Å²) in [5.41, 5.74) is -0.512. The van der Waals surface area contributed by atoms with Gasteiger partial charge in [0.15, 0.2) is 0 Å². The Kier molecular flexibility index (Phi) is 4.65. The van der Waals surface area contributed by atoms with E-state index in [1.807, 2.05) is 0 Å². The van der Waals surface area contributed by atoms with Gasteiger partial charge in [-0.1, -0.05) is 18.2 Å². The van der Waals surface area contributed by atoms with Crippen LogP contribution in [0.3, 0.4) is 0 Å². The van der Waals surface area contributed by atoms with Crippen LogP contribution in [0.2, 0.25) is 0 Å². The molecule has 0 spiro atoms. The molecule has 2 aromatic carbocycles. The van der Waals surface area contributed by atoms with Gasteiger partial charge in [-0.05, 0) is 24.3 Å². The summed E-state index contributed by atoms with van der Waals surface area (Å²) in [5, 5.41) is 2.13. The topological polar surface area (TPSA) is 66.5 Å². The molecule has 23 heavy (non-hydrogen) atoms. The molecule has 5 nitrogen and oxygen atoms in total. The highest BCUT2D eigenvalue weighted by Gasteiger charge is 2.21. The summed E-state index contributed by atoms with van der Waals surface area (Å²) < 4.78 is 51.4. The molecule has 0 heterocycles. The Morgan fingerprint density at radius 2 is 1.61 bits per heavy atom. The van der Waals surface area contributed by atoms with Crippen LogP contribution in [-0.2, 0) is 10.0 Å². The number of carbonyl (C=O) groups excluding carboxylic acids is 1. The first-order chi connectivity index (χ1) is 10.7. The number of halogens is 2. The van der Waals surface area contributed by atoms with Gasteiger partial charge in [0, 0.05) is 7.05 Å². The number of anilines is 2. The van der Waals surface area contributed by atoms with E-state index in [2.05, 4.69) is 5.32 Å². The van der Waals surface area contributed by atoms with Crippen molar-refractivity contribution in [2.45, 2.75) is 0 Å². The predicted molar refractivity (Wildman–Crippen MR) is 84.0 cm³/mol. The van der Waals surface area contributed by atoms with Crippen LogP contribution in [0.15, 0.2) is 42.5 Å². The van der Waals surface area contributed by atoms with E-state index in [4.69, 9.17) is 0 Å². The third-order valence-corrected chi connectivity index (χ3v) is 4.38. The molecule has 1 N–H and O–H groups in total. The van der Waals surface area contributed by atoms with Crippen LogP contribution < -0.4 is 9.62 Å². The monoisotopic (exact) mass is 340 g/mol. The lowest BCUT2D eigenvalue weighted by Crippen LogP contribution is -2.27. The summed E-state index contributed by atoms with van der Waals surface area (Å²) in [6.45, 7) is 0. The Morgan fingerprint density at radius 3 is 2.17 bits per heavy atom. The second kappa shape index (κ2) is 6.33. The first-order valence-electron chi connectivity index (χ1n) is 6.50. The lowest BCUT2D eigenvalue weighted by molar-refractivity contribution is 0.102. The molecule has 0 bridgehead atoms. The summed E-state index contributed by atoms with van der Waals surface area (Å²) in [4.78, 5) is 12.3. The van der Waals surface area contributed by atoms with E-state index in [0.717, 1.165) is 22.7 Å². The molecule has 8 heteroatoms. The minimum atomic E-state index is -3.60. The number of hydrogen-bond acceptors (Lipinski definition) is 3. The van der Waals surface area contributed by atoms with Crippen molar-refractivity contribution < 1.29 is 22.0 Å². The van der Waals surface area contributed by atoms with E-state index in [1.54, 1.807) is 6.07 Å². The van der Waals surface area contributed by atoms with Crippen LogP contribution >= 0.6 is 0 Å². The van der Waals surface area contributed by atoms with Gasteiger partial charge in [0.25, 0.3) is 5.91 Å². The zero-order valence-corrected chi connectivity index (χ0v) is 13.2. The average Bonchev–Trinajstić information content (AvgIpc) is 2.49. The standard InChI is InChI=1S/C15H14F2N2O3S/c1-19(23(2,21)22)13-9-4-3-6-10(13)15(20)18-14-11(16)7-5-8-12(14)17/h3-9H,1-2H3,(H,18,20). The molecular weight excluding hydrogens is 326 g/mol. The van der Waals surface area contributed by atoms with E-state index in [-0.39, 0.29) is 11.3 Å². The van der Waals surface area contributed by atoms with Gasteiger partial charge in [-0.2, -0.15) is 0 Å². The van der Waals surface area contributed by atoms with Gasteiger partial charge in [0.1, 0.15) is 17.3 Å². The first kappa shape index (κ1) is 16.9. The number of rotatable bonds is 4. The second-order valence-corrected chi connectivity index (χ2v) is 6.81. The summed E-state index contributed by atoms with van der Waals surface area (Å²) in [7, 11) is -2.31. The molecule has 2 rings (SSSR count). The van der Waals surface area contributed by atoms with Crippen LogP contribution in [0.5, 0.6) is 0 Å². The largest absolute Gasteiger partial charge is 0.317 e. The van der Waals surface area contributed by atoms with Crippen LogP contribution in [0, 0.1) is 11.6 Å². The van der Waals surface area contributed by atoms with Gasteiger partial charge in [-0.3, -0.25) is 9.10 Å². The van der Waals surface area contributed by atoms with Crippen LogP contribution in [0.25, 0.3) is 0 Å². The van der Waals surface area contributed by atoms with Crippen LogP contribution in [-0.4, -0.2) is 27.6 Å². The number of carbonyl (C=O) groups is 1. The Hall–Kier alpha value is -2.48. The third kappa shape index (κ3) is 3.65. The molecule has 122 valence electrons. The van der Waals surface area contributed by atoms with E-state index >= 15 is 0 Å². The molecule has 0 aliphatic heterocycles. The van der Waals surface area contributed by atoms with Crippen molar-refractivity contribution in [3.63, 3.8) is 0 Å². The first-order valence-corrected chi connectivity index (χ1v) is 8.35. The maximum atomic E-state index is 13.6. The van der Waals surface area contributed by atoms with E-state index in [9.17, 15) is 22.0 Å². The van der Waals surface area contributed by atoms with Crippen LogP contribution in [0.4, 0.5) is 20.2 Å². The lowest BCUT2D eigenvalue weighted by atomic mass is 10.1. The van der Waals surface area contributed by atoms with Gasteiger partial charge >= 0.3 is 0 Å². The lowest BCUT2D eigenvalue weighted by Gasteiger charge is -2.20. The van der Waals surface area contributed by atoms with Crippen molar-refractivity contribution in [1.29, 1.82) is 0 Å². The highest BCUT2D eigenvalue weighted by Crippen LogP contribution is 2.24. The summed E-state index contributed by atoms with van der Waals surface area (Å²) in [6, 6.07) is 9.05. The normalized spacial score (nSPS) is 11.1. The zero-order valence-electron chi connectivity index (χ0n) is 12.4. The molecule has 0 fully saturated rings. The molecule has 0 aliphatic carbocycles. The Morgan fingerprint density at radius 1 is 1.04 bits per heavy atom. The summed E-state index contributed by atoms with van der Waals surface area (Å²) >= 11 is 0. The van der Waals surface area contributed by atoms with Crippen molar-refractivity contribution in [2.24, 2.45) is 0 Å². The number of benzene rings is 2. The molecule has 0 saturated heterocycles.